The van der Waals surface area contributed by atoms with Gasteiger partial charge in [0.25, 0.3) is 0 Å². The third-order valence-corrected chi connectivity index (χ3v) is 2.42. The van der Waals surface area contributed by atoms with Gasteiger partial charge in [-0.1, -0.05) is 0 Å². The first-order valence-corrected chi connectivity index (χ1v) is 5.09. The number of hydrogen-bond acceptors (Lipinski definition) is 3. The van der Waals surface area contributed by atoms with Crippen LogP contribution in [0.4, 0.5) is 13.2 Å². The van der Waals surface area contributed by atoms with Crippen LogP contribution < -0.4 is 0 Å². The summed E-state index contributed by atoms with van der Waals surface area (Å²) in [5, 5.41) is 8.79. The van der Waals surface area contributed by atoms with Crippen LogP contribution in [0.3, 0.4) is 0 Å². The molecule has 1 rings (SSSR count). The van der Waals surface area contributed by atoms with Crippen molar-refractivity contribution in [2.75, 3.05) is 5.88 Å². The van der Waals surface area contributed by atoms with Gasteiger partial charge in [-0.3, -0.25) is 9.59 Å². The molecular weight excluding hydrogens is 271 g/mol. The van der Waals surface area contributed by atoms with Gasteiger partial charge in [-0.2, -0.15) is 18.4 Å². The predicted octanol–water partition coefficient (Wildman–Crippen LogP) is 2.81. The van der Waals surface area contributed by atoms with Gasteiger partial charge < -0.3 is 0 Å². The molecule has 0 aliphatic rings. The van der Waals surface area contributed by atoms with E-state index in [1.165, 1.54) is 6.07 Å². The van der Waals surface area contributed by atoms with E-state index in [9.17, 15) is 22.8 Å². The fourth-order valence-corrected chi connectivity index (χ4v) is 1.56. The number of Topliss-reactive ketones (excluding diaryl/α,β-unsaturated/α-hetero) is 1. The van der Waals surface area contributed by atoms with Crippen molar-refractivity contribution in [3.05, 3.63) is 34.4 Å². The van der Waals surface area contributed by atoms with Crippen molar-refractivity contribution in [1.82, 2.24) is 0 Å². The number of hydrogen-bond donors (Lipinski definition) is 0. The van der Waals surface area contributed by atoms with Crippen molar-refractivity contribution >= 4 is 23.7 Å². The Hall–Kier alpha value is -1.87. The van der Waals surface area contributed by atoms with E-state index < -0.39 is 34.5 Å². The summed E-state index contributed by atoms with van der Waals surface area (Å²) in [7, 11) is 0. The Morgan fingerprint density at radius 3 is 2.44 bits per heavy atom. The molecule has 1 aromatic rings. The molecule has 0 atom stereocenters. The summed E-state index contributed by atoms with van der Waals surface area (Å²) in [6, 6.07) is 2.87. The molecule has 0 heterocycles. The number of alkyl halides is 4. The quantitative estimate of drug-likeness (QED) is 0.484. The summed E-state index contributed by atoms with van der Waals surface area (Å²) < 4.78 is 38.1. The molecule has 18 heavy (non-hydrogen) atoms. The molecule has 0 radical (unpaired) electrons. The molecule has 1 aromatic carbocycles. The number of nitriles is 1. The first-order valence-electron chi connectivity index (χ1n) is 4.55. The lowest BCUT2D eigenvalue weighted by Crippen LogP contribution is -2.17. The topological polar surface area (TPSA) is 57.9 Å². The minimum absolute atomic E-state index is 0.212. The monoisotopic (exact) mass is 275 g/mol. The summed E-state index contributed by atoms with van der Waals surface area (Å²) in [4.78, 5) is 22.1. The molecule has 3 nitrogen and oxygen atoms in total. The van der Waals surface area contributed by atoms with E-state index >= 15 is 0 Å². The molecule has 0 spiro atoms. The van der Waals surface area contributed by atoms with Crippen molar-refractivity contribution in [2.24, 2.45) is 0 Å². The average Bonchev–Trinajstić information content (AvgIpc) is 2.34. The SMILES string of the molecule is N#Cc1c(C=O)ccc(C(F)(F)F)c1C(=O)CCl. The van der Waals surface area contributed by atoms with Gasteiger partial charge >= 0.3 is 6.18 Å². The Bertz CT molecular complexity index is 546. The maximum atomic E-state index is 12.7. The van der Waals surface area contributed by atoms with Crippen LogP contribution in [-0.2, 0) is 6.18 Å². The largest absolute Gasteiger partial charge is 0.417 e. The molecule has 0 saturated heterocycles. The van der Waals surface area contributed by atoms with E-state index in [0.717, 1.165) is 6.07 Å². The number of carbonyl (C=O) groups excluding carboxylic acids is 2. The van der Waals surface area contributed by atoms with Gasteiger partial charge in [-0.05, 0) is 12.1 Å². The lowest BCUT2D eigenvalue weighted by atomic mass is 9.94. The number of carbonyl (C=O) groups is 2. The number of halogens is 4. The average molecular weight is 276 g/mol. The van der Waals surface area contributed by atoms with Crippen LogP contribution in [-0.4, -0.2) is 17.9 Å². The Morgan fingerprint density at radius 2 is 2.06 bits per heavy atom. The van der Waals surface area contributed by atoms with Gasteiger partial charge in [-0.15, -0.1) is 11.6 Å². The van der Waals surface area contributed by atoms with Crippen LogP contribution >= 0.6 is 11.6 Å². The smallest absolute Gasteiger partial charge is 0.298 e. The van der Waals surface area contributed by atoms with Crippen LogP contribution in [0.15, 0.2) is 12.1 Å². The van der Waals surface area contributed by atoms with E-state index in [1.54, 1.807) is 0 Å². The van der Waals surface area contributed by atoms with Crippen LogP contribution in [0, 0.1) is 11.3 Å². The predicted molar refractivity (Wildman–Crippen MR) is 56.6 cm³/mol. The Labute approximate surface area is 105 Å². The second-order valence-electron chi connectivity index (χ2n) is 3.24. The summed E-state index contributed by atoms with van der Waals surface area (Å²) in [5.74, 6) is -1.76. The number of benzene rings is 1. The van der Waals surface area contributed by atoms with Crippen molar-refractivity contribution in [3.63, 3.8) is 0 Å². The van der Waals surface area contributed by atoms with E-state index in [2.05, 4.69) is 0 Å². The van der Waals surface area contributed by atoms with Crippen LogP contribution in [0.25, 0.3) is 0 Å². The van der Waals surface area contributed by atoms with Crippen molar-refractivity contribution < 1.29 is 22.8 Å². The molecule has 0 aromatic heterocycles. The lowest BCUT2D eigenvalue weighted by molar-refractivity contribution is -0.137. The second-order valence-corrected chi connectivity index (χ2v) is 3.50. The third-order valence-electron chi connectivity index (χ3n) is 2.18. The van der Waals surface area contributed by atoms with E-state index in [1.807, 2.05) is 0 Å². The number of ketones is 1. The van der Waals surface area contributed by atoms with E-state index in [4.69, 9.17) is 16.9 Å². The molecule has 0 aliphatic heterocycles. The van der Waals surface area contributed by atoms with E-state index in [-0.39, 0.29) is 11.8 Å². The number of rotatable bonds is 3. The number of nitrogens with zero attached hydrogens (tertiary/aromatic N) is 1. The van der Waals surface area contributed by atoms with Gasteiger partial charge in [0, 0.05) is 11.1 Å². The molecule has 0 bridgehead atoms. The summed E-state index contributed by atoms with van der Waals surface area (Å²) >= 11 is 5.22. The zero-order valence-corrected chi connectivity index (χ0v) is 9.47. The molecule has 0 amide bonds. The standard InChI is InChI=1S/C11H5ClF3NO2/c12-3-9(18)10-7(4-16)6(5-17)1-2-8(10)11(13,14)15/h1-2,5H,3H2. The van der Waals surface area contributed by atoms with Gasteiger partial charge in [0.05, 0.1) is 17.0 Å². The summed E-state index contributed by atoms with van der Waals surface area (Å²) in [6.45, 7) is 0. The summed E-state index contributed by atoms with van der Waals surface area (Å²) in [5.41, 5.74) is -3.01. The minimum Gasteiger partial charge on any atom is -0.298 e. The zero-order valence-electron chi connectivity index (χ0n) is 8.71. The van der Waals surface area contributed by atoms with Crippen LogP contribution in [0.5, 0.6) is 0 Å². The van der Waals surface area contributed by atoms with Gasteiger partial charge in [0.2, 0.25) is 0 Å². The van der Waals surface area contributed by atoms with Crippen molar-refractivity contribution in [3.8, 4) is 6.07 Å². The third kappa shape index (κ3) is 2.51. The zero-order chi connectivity index (χ0) is 13.9. The molecule has 0 fully saturated rings. The van der Waals surface area contributed by atoms with Gasteiger partial charge in [0.15, 0.2) is 12.1 Å². The maximum Gasteiger partial charge on any atom is 0.417 e. The number of aldehydes is 1. The maximum absolute atomic E-state index is 12.7. The lowest BCUT2D eigenvalue weighted by Gasteiger charge is -2.13. The molecule has 0 aliphatic carbocycles. The highest BCUT2D eigenvalue weighted by Gasteiger charge is 2.37. The summed E-state index contributed by atoms with van der Waals surface area (Å²) in [6.07, 6.45) is -4.59. The molecule has 7 heteroatoms. The first kappa shape index (κ1) is 14.2. The highest BCUT2D eigenvalue weighted by Crippen LogP contribution is 2.34. The fourth-order valence-electron chi connectivity index (χ4n) is 1.43. The van der Waals surface area contributed by atoms with Gasteiger partial charge in [-0.25, -0.2) is 0 Å². The van der Waals surface area contributed by atoms with Crippen LogP contribution in [0.2, 0.25) is 0 Å². The molecule has 0 N–H and O–H groups in total. The highest BCUT2D eigenvalue weighted by atomic mass is 35.5. The molecule has 94 valence electrons. The minimum atomic E-state index is -4.80. The Balaban J connectivity index is 3.72. The second kappa shape index (κ2) is 5.19. The van der Waals surface area contributed by atoms with Crippen molar-refractivity contribution in [1.29, 1.82) is 5.26 Å². The van der Waals surface area contributed by atoms with Crippen molar-refractivity contribution in [2.45, 2.75) is 6.18 Å². The van der Waals surface area contributed by atoms with Gasteiger partial charge in [0.1, 0.15) is 6.07 Å². The highest BCUT2D eigenvalue weighted by molar-refractivity contribution is 6.31. The first-order chi connectivity index (χ1) is 8.36. The normalized spacial score (nSPS) is 10.8. The molecule has 0 unspecified atom stereocenters. The molecule has 0 saturated carbocycles. The Morgan fingerprint density at radius 1 is 1.44 bits per heavy atom. The Kier molecular flexibility index (Phi) is 4.09. The molecular formula is C11H5ClF3NO2. The van der Waals surface area contributed by atoms with Crippen LogP contribution in [0.1, 0.15) is 31.8 Å². The van der Waals surface area contributed by atoms with E-state index in [0.29, 0.717) is 6.07 Å². The fraction of sp³-hybridized carbons (Fsp3) is 0.182.